The lowest BCUT2D eigenvalue weighted by atomic mass is 10.1. The van der Waals surface area contributed by atoms with Crippen LogP contribution in [0.2, 0.25) is 0 Å². The van der Waals surface area contributed by atoms with E-state index in [-0.39, 0.29) is 0 Å². The van der Waals surface area contributed by atoms with E-state index in [1.165, 1.54) is 5.56 Å². The summed E-state index contributed by atoms with van der Waals surface area (Å²) in [7, 11) is 0. The highest BCUT2D eigenvalue weighted by Gasteiger charge is 2.07. The lowest BCUT2D eigenvalue weighted by Gasteiger charge is -2.12. The molecule has 5 heteroatoms. The lowest BCUT2D eigenvalue weighted by molar-refractivity contribution is 0.474. The predicted octanol–water partition coefficient (Wildman–Crippen LogP) is 4.02. The average molecular weight is 339 g/mol. The summed E-state index contributed by atoms with van der Waals surface area (Å²) in [6.07, 6.45) is 3.83. The van der Waals surface area contributed by atoms with Gasteiger partial charge in [-0.1, -0.05) is 18.2 Å². The van der Waals surface area contributed by atoms with Gasteiger partial charge in [0.2, 0.25) is 0 Å². The van der Waals surface area contributed by atoms with Gasteiger partial charge in [0.05, 0.1) is 11.4 Å². The Hall–Kier alpha value is -2.24. The molecule has 1 atom stereocenters. The molecular weight excluding hydrogens is 318 g/mol. The summed E-state index contributed by atoms with van der Waals surface area (Å²) in [5, 5.41) is 15.9. The van der Waals surface area contributed by atoms with Crippen LogP contribution in [0.1, 0.15) is 24.6 Å². The van der Waals surface area contributed by atoms with E-state index in [1.807, 2.05) is 30.3 Å². The molecule has 0 aliphatic carbocycles. The van der Waals surface area contributed by atoms with Gasteiger partial charge in [0, 0.05) is 24.2 Å². The van der Waals surface area contributed by atoms with Crippen LogP contribution in [0.4, 0.5) is 0 Å². The van der Waals surface area contributed by atoms with E-state index in [0.29, 0.717) is 11.8 Å². The van der Waals surface area contributed by atoms with Crippen molar-refractivity contribution in [1.82, 2.24) is 15.3 Å². The van der Waals surface area contributed by atoms with Crippen LogP contribution in [0.3, 0.4) is 0 Å². The lowest BCUT2D eigenvalue weighted by Crippen LogP contribution is -2.26. The van der Waals surface area contributed by atoms with Gasteiger partial charge in [0.25, 0.3) is 0 Å². The van der Waals surface area contributed by atoms with Gasteiger partial charge in [0.1, 0.15) is 10.8 Å². The Balaban J connectivity index is 1.47. The molecule has 0 amide bonds. The van der Waals surface area contributed by atoms with Crippen molar-refractivity contribution in [2.45, 2.75) is 32.4 Å². The van der Waals surface area contributed by atoms with Crippen LogP contribution in [-0.2, 0) is 13.0 Å². The summed E-state index contributed by atoms with van der Waals surface area (Å²) >= 11 is 1.63. The van der Waals surface area contributed by atoms with Gasteiger partial charge in [-0.05, 0) is 49.6 Å². The first-order valence-corrected chi connectivity index (χ1v) is 8.96. The molecule has 2 N–H and O–H groups in total. The van der Waals surface area contributed by atoms with Crippen molar-refractivity contribution in [2.75, 3.05) is 0 Å². The van der Waals surface area contributed by atoms with Crippen LogP contribution in [0, 0.1) is 0 Å². The fourth-order valence-corrected chi connectivity index (χ4v) is 3.22. The number of phenols is 1. The van der Waals surface area contributed by atoms with Gasteiger partial charge in [-0.25, -0.2) is 4.98 Å². The SMILES string of the molecule is CC(CCc1ccc(O)cc1)NCc1csc(-c2ccccn2)n1. The monoisotopic (exact) mass is 339 g/mol. The third-order valence-electron chi connectivity index (χ3n) is 3.87. The molecule has 0 bridgehead atoms. The second-order valence-corrected chi connectivity index (χ2v) is 6.70. The van der Waals surface area contributed by atoms with Gasteiger partial charge in [-0.2, -0.15) is 0 Å². The minimum Gasteiger partial charge on any atom is -0.508 e. The molecule has 0 fully saturated rings. The molecule has 1 unspecified atom stereocenters. The van der Waals surface area contributed by atoms with Gasteiger partial charge in [0.15, 0.2) is 0 Å². The largest absolute Gasteiger partial charge is 0.508 e. The Kier molecular flexibility index (Phi) is 5.56. The average Bonchev–Trinajstić information content (AvgIpc) is 3.09. The molecule has 4 nitrogen and oxygen atoms in total. The highest BCUT2D eigenvalue weighted by atomic mass is 32.1. The maximum Gasteiger partial charge on any atom is 0.142 e. The van der Waals surface area contributed by atoms with Gasteiger partial charge in [-0.15, -0.1) is 11.3 Å². The first kappa shape index (κ1) is 16.6. The van der Waals surface area contributed by atoms with E-state index in [4.69, 9.17) is 0 Å². The van der Waals surface area contributed by atoms with E-state index in [0.717, 1.165) is 35.8 Å². The van der Waals surface area contributed by atoms with E-state index >= 15 is 0 Å². The number of nitrogens with zero attached hydrogens (tertiary/aromatic N) is 2. The Morgan fingerprint density at radius 2 is 2.00 bits per heavy atom. The Morgan fingerprint density at radius 1 is 1.17 bits per heavy atom. The predicted molar refractivity (Wildman–Crippen MR) is 98.1 cm³/mol. The van der Waals surface area contributed by atoms with E-state index in [9.17, 15) is 5.11 Å². The molecular formula is C19H21N3OS. The summed E-state index contributed by atoms with van der Waals surface area (Å²) in [5.74, 6) is 0.317. The van der Waals surface area contributed by atoms with E-state index < -0.39 is 0 Å². The highest BCUT2D eigenvalue weighted by molar-refractivity contribution is 7.13. The van der Waals surface area contributed by atoms with Gasteiger partial charge >= 0.3 is 0 Å². The number of phenolic OH excluding ortho intramolecular Hbond substituents is 1. The number of aryl methyl sites for hydroxylation is 1. The summed E-state index contributed by atoms with van der Waals surface area (Å²) < 4.78 is 0. The van der Waals surface area contributed by atoms with E-state index in [1.54, 1.807) is 29.7 Å². The van der Waals surface area contributed by atoms with E-state index in [2.05, 4.69) is 27.6 Å². The first-order valence-electron chi connectivity index (χ1n) is 8.08. The van der Waals surface area contributed by atoms with Gasteiger partial charge in [-0.3, -0.25) is 4.98 Å². The smallest absolute Gasteiger partial charge is 0.142 e. The summed E-state index contributed by atoms with van der Waals surface area (Å²) in [5.41, 5.74) is 3.22. The third kappa shape index (κ3) is 4.63. The molecule has 0 aliphatic heterocycles. The molecule has 3 aromatic rings. The maximum atomic E-state index is 9.31. The van der Waals surface area contributed by atoms with Crippen LogP contribution in [0.25, 0.3) is 10.7 Å². The quantitative estimate of drug-likeness (QED) is 0.682. The standard InChI is InChI=1S/C19H21N3OS/c1-14(5-6-15-7-9-17(23)10-8-15)21-12-16-13-24-19(22-16)18-4-2-3-11-20-18/h2-4,7-11,13-14,21,23H,5-6,12H2,1H3. The highest BCUT2D eigenvalue weighted by Crippen LogP contribution is 2.21. The normalized spacial score (nSPS) is 12.2. The number of nitrogens with one attached hydrogen (secondary N) is 1. The second-order valence-electron chi connectivity index (χ2n) is 5.85. The van der Waals surface area contributed by atoms with Crippen molar-refractivity contribution in [3.63, 3.8) is 0 Å². The number of hydrogen-bond donors (Lipinski definition) is 2. The van der Waals surface area contributed by atoms with Crippen LogP contribution in [-0.4, -0.2) is 21.1 Å². The molecule has 0 spiro atoms. The first-order chi connectivity index (χ1) is 11.7. The topological polar surface area (TPSA) is 58.0 Å². The van der Waals surface area contributed by atoms with Crippen molar-refractivity contribution in [1.29, 1.82) is 0 Å². The fraction of sp³-hybridized carbons (Fsp3) is 0.263. The van der Waals surface area contributed by atoms with Gasteiger partial charge < -0.3 is 10.4 Å². The summed E-state index contributed by atoms with van der Waals surface area (Å²) in [6.45, 7) is 2.95. The molecule has 0 saturated heterocycles. The number of hydrogen-bond acceptors (Lipinski definition) is 5. The van der Waals surface area contributed by atoms with Crippen molar-refractivity contribution >= 4 is 11.3 Å². The summed E-state index contributed by atoms with van der Waals surface area (Å²) in [4.78, 5) is 8.98. The third-order valence-corrected chi connectivity index (χ3v) is 4.78. The van der Waals surface area contributed by atoms with Crippen LogP contribution in [0.15, 0.2) is 54.0 Å². The minimum absolute atomic E-state index is 0.317. The number of aromatic nitrogens is 2. The maximum absolute atomic E-state index is 9.31. The molecule has 2 heterocycles. The fourth-order valence-electron chi connectivity index (χ4n) is 2.42. The Bertz CT molecular complexity index is 756. The van der Waals surface area contributed by atoms with Crippen LogP contribution >= 0.6 is 11.3 Å². The molecule has 3 rings (SSSR count). The Morgan fingerprint density at radius 3 is 2.75 bits per heavy atom. The zero-order chi connectivity index (χ0) is 16.8. The summed E-state index contributed by atoms with van der Waals surface area (Å²) in [6, 6.07) is 13.7. The number of thiazole rings is 1. The van der Waals surface area contributed by atoms with Crippen LogP contribution < -0.4 is 5.32 Å². The molecule has 2 aromatic heterocycles. The second kappa shape index (κ2) is 8.04. The number of rotatable bonds is 7. The van der Waals surface area contributed by atoms with Crippen LogP contribution in [0.5, 0.6) is 5.75 Å². The molecule has 124 valence electrons. The number of aromatic hydroxyl groups is 1. The molecule has 0 saturated carbocycles. The molecule has 0 aliphatic rings. The Labute approximate surface area is 146 Å². The minimum atomic E-state index is 0.317. The zero-order valence-corrected chi connectivity index (χ0v) is 14.5. The van der Waals surface area contributed by atoms with Crippen molar-refractivity contribution < 1.29 is 5.11 Å². The molecule has 1 aromatic carbocycles. The zero-order valence-electron chi connectivity index (χ0n) is 13.6. The number of benzene rings is 1. The number of pyridine rings is 1. The van der Waals surface area contributed by atoms with Crippen molar-refractivity contribution in [3.8, 4) is 16.5 Å². The van der Waals surface area contributed by atoms with Crippen molar-refractivity contribution in [2.24, 2.45) is 0 Å². The molecule has 0 radical (unpaired) electrons. The molecule has 24 heavy (non-hydrogen) atoms. The van der Waals surface area contributed by atoms with Crippen molar-refractivity contribution in [3.05, 3.63) is 65.3 Å².